The number of amides is 2. The fourth-order valence-corrected chi connectivity index (χ4v) is 0.508. The number of nitrogens with zero attached hydrogens (tertiary/aromatic N) is 1. The van der Waals surface area contributed by atoms with Crippen LogP contribution in [0.4, 0.5) is 4.79 Å². The average Bonchev–Trinajstić information content (AvgIpc) is 2.34. The first kappa shape index (κ1) is 6.60. The number of carbonyl (C=O) groups excluding carboxylic acids is 1. The van der Waals surface area contributed by atoms with Crippen molar-refractivity contribution in [3.8, 4) is 0 Å². The number of primary amides is 1. The van der Waals surface area contributed by atoms with Crippen LogP contribution in [0.15, 0.2) is 16.8 Å². The van der Waals surface area contributed by atoms with E-state index in [0.717, 1.165) is 0 Å². The van der Waals surface area contributed by atoms with Gasteiger partial charge in [0.25, 0.3) is 0 Å². The third-order valence-electron chi connectivity index (χ3n) is 0.928. The van der Waals surface area contributed by atoms with Gasteiger partial charge in [0.2, 0.25) is 0 Å². The molecule has 0 aliphatic heterocycles. The molecule has 0 aliphatic carbocycles. The zero-order valence-corrected chi connectivity index (χ0v) is 5.20. The van der Waals surface area contributed by atoms with Crippen LogP contribution >= 0.6 is 0 Å². The van der Waals surface area contributed by atoms with Crippen LogP contribution in [0.25, 0.3) is 0 Å². The first-order valence-electron chi connectivity index (χ1n) is 2.72. The van der Waals surface area contributed by atoms with Crippen molar-refractivity contribution in [2.24, 2.45) is 5.73 Å². The number of hydrogen-bond donors (Lipinski definition) is 2. The van der Waals surface area contributed by atoms with E-state index in [1.807, 2.05) is 0 Å². The minimum Gasteiger partial charge on any atom is -0.360 e. The molecule has 5 heteroatoms. The Morgan fingerprint density at radius 2 is 2.70 bits per heavy atom. The average molecular weight is 141 g/mol. The zero-order valence-electron chi connectivity index (χ0n) is 5.20. The molecule has 0 aliphatic rings. The van der Waals surface area contributed by atoms with Gasteiger partial charge in [-0.1, -0.05) is 5.16 Å². The second-order valence-corrected chi connectivity index (χ2v) is 1.70. The summed E-state index contributed by atoms with van der Waals surface area (Å²) in [6.07, 6.45) is 1.50. The summed E-state index contributed by atoms with van der Waals surface area (Å²) in [6.45, 7) is 0.287. The lowest BCUT2D eigenvalue weighted by atomic mass is 10.5. The van der Waals surface area contributed by atoms with Crippen LogP contribution in [0.5, 0.6) is 0 Å². The summed E-state index contributed by atoms with van der Waals surface area (Å²) in [5, 5.41) is 5.79. The molecule has 3 N–H and O–H groups in total. The Morgan fingerprint density at radius 3 is 3.20 bits per heavy atom. The molecule has 1 aromatic heterocycles. The van der Waals surface area contributed by atoms with E-state index in [1.165, 1.54) is 6.20 Å². The summed E-state index contributed by atoms with van der Waals surface area (Å²) in [6, 6.07) is 1.08. The standard InChI is InChI=1S/C5H7N3O2/c6-5(9)7-3-4-1-2-8-10-4/h1-2H,3H2,(H3,6,7,9). The summed E-state index contributed by atoms with van der Waals surface area (Å²) in [7, 11) is 0. The van der Waals surface area contributed by atoms with Crippen molar-refractivity contribution in [2.45, 2.75) is 6.54 Å². The van der Waals surface area contributed by atoms with Gasteiger partial charge in [0.15, 0.2) is 5.76 Å². The molecular weight excluding hydrogens is 134 g/mol. The molecule has 1 aromatic rings. The van der Waals surface area contributed by atoms with Crippen LogP contribution in [-0.2, 0) is 6.54 Å². The van der Waals surface area contributed by atoms with Gasteiger partial charge in [-0.2, -0.15) is 0 Å². The number of carbonyl (C=O) groups is 1. The molecule has 0 saturated heterocycles. The van der Waals surface area contributed by atoms with Crippen LogP contribution in [0, 0.1) is 0 Å². The Hall–Kier alpha value is -1.52. The van der Waals surface area contributed by atoms with Crippen molar-refractivity contribution in [3.63, 3.8) is 0 Å². The van der Waals surface area contributed by atoms with Crippen molar-refractivity contribution >= 4 is 6.03 Å². The summed E-state index contributed by atoms with van der Waals surface area (Å²) in [4.78, 5) is 10.1. The van der Waals surface area contributed by atoms with Gasteiger partial charge in [0, 0.05) is 6.07 Å². The lowest BCUT2D eigenvalue weighted by molar-refractivity contribution is 0.247. The molecule has 0 saturated carbocycles. The molecular formula is C5H7N3O2. The predicted molar refractivity (Wildman–Crippen MR) is 32.9 cm³/mol. The molecule has 54 valence electrons. The van der Waals surface area contributed by atoms with Crippen molar-refractivity contribution in [2.75, 3.05) is 0 Å². The van der Waals surface area contributed by atoms with E-state index in [4.69, 9.17) is 5.73 Å². The fourth-order valence-electron chi connectivity index (χ4n) is 0.508. The molecule has 0 fully saturated rings. The lowest BCUT2D eigenvalue weighted by Crippen LogP contribution is -2.28. The van der Waals surface area contributed by atoms with Gasteiger partial charge in [0.1, 0.15) is 0 Å². The van der Waals surface area contributed by atoms with Crippen LogP contribution in [-0.4, -0.2) is 11.2 Å². The minimum absolute atomic E-state index is 0.287. The van der Waals surface area contributed by atoms with E-state index < -0.39 is 6.03 Å². The first-order valence-corrected chi connectivity index (χ1v) is 2.72. The van der Waals surface area contributed by atoms with Crippen molar-refractivity contribution in [3.05, 3.63) is 18.0 Å². The zero-order chi connectivity index (χ0) is 7.40. The second-order valence-electron chi connectivity index (χ2n) is 1.70. The Kier molecular flexibility index (Phi) is 1.89. The highest BCUT2D eigenvalue weighted by Crippen LogP contribution is 1.93. The molecule has 1 rings (SSSR count). The molecule has 1 heterocycles. The quantitative estimate of drug-likeness (QED) is 0.600. The Balaban J connectivity index is 2.35. The molecule has 10 heavy (non-hydrogen) atoms. The molecule has 0 unspecified atom stereocenters. The Labute approximate surface area is 57.2 Å². The van der Waals surface area contributed by atoms with Crippen LogP contribution in [0.2, 0.25) is 0 Å². The van der Waals surface area contributed by atoms with E-state index in [-0.39, 0.29) is 6.54 Å². The maximum absolute atomic E-state index is 10.1. The molecule has 0 spiro atoms. The summed E-state index contributed by atoms with van der Waals surface area (Å²) in [5.74, 6) is 0.582. The number of nitrogens with one attached hydrogen (secondary N) is 1. The second kappa shape index (κ2) is 2.86. The monoisotopic (exact) mass is 141 g/mol. The Morgan fingerprint density at radius 1 is 1.90 bits per heavy atom. The van der Waals surface area contributed by atoms with Crippen molar-refractivity contribution < 1.29 is 9.32 Å². The molecule has 5 nitrogen and oxygen atoms in total. The van der Waals surface area contributed by atoms with Gasteiger partial charge < -0.3 is 15.6 Å². The van der Waals surface area contributed by atoms with Gasteiger partial charge in [-0.3, -0.25) is 0 Å². The van der Waals surface area contributed by atoms with Gasteiger partial charge >= 0.3 is 6.03 Å². The fraction of sp³-hybridized carbons (Fsp3) is 0.200. The first-order chi connectivity index (χ1) is 4.79. The summed E-state index contributed by atoms with van der Waals surface area (Å²) >= 11 is 0. The van der Waals surface area contributed by atoms with E-state index in [0.29, 0.717) is 5.76 Å². The number of urea groups is 1. The number of hydrogen-bond acceptors (Lipinski definition) is 3. The van der Waals surface area contributed by atoms with Crippen LogP contribution in [0.1, 0.15) is 5.76 Å². The largest absolute Gasteiger partial charge is 0.360 e. The number of aromatic nitrogens is 1. The molecule has 0 bridgehead atoms. The number of nitrogens with two attached hydrogens (primary N) is 1. The normalized spacial score (nSPS) is 9.20. The Bertz CT molecular complexity index is 207. The third kappa shape index (κ3) is 1.77. The predicted octanol–water partition coefficient (Wildman–Crippen LogP) is -0.157. The number of rotatable bonds is 2. The highest BCUT2D eigenvalue weighted by Gasteiger charge is 1.96. The highest BCUT2D eigenvalue weighted by atomic mass is 16.5. The maximum Gasteiger partial charge on any atom is 0.312 e. The topological polar surface area (TPSA) is 81.2 Å². The summed E-state index contributed by atoms with van der Waals surface area (Å²) in [5.41, 5.74) is 4.80. The maximum atomic E-state index is 10.1. The van der Waals surface area contributed by atoms with E-state index in [1.54, 1.807) is 6.07 Å². The summed E-state index contributed by atoms with van der Waals surface area (Å²) < 4.78 is 4.66. The minimum atomic E-state index is -0.573. The smallest absolute Gasteiger partial charge is 0.312 e. The van der Waals surface area contributed by atoms with Crippen molar-refractivity contribution in [1.82, 2.24) is 10.5 Å². The van der Waals surface area contributed by atoms with Crippen LogP contribution < -0.4 is 11.1 Å². The van der Waals surface area contributed by atoms with Gasteiger partial charge in [-0.25, -0.2) is 4.79 Å². The lowest BCUT2D eigenvalue weighted by Gasteiger charge is -1.94. The van der Waals surface area contributed by atoms with E-state index >= 15 is 0 Å². The van der Waals surface area contributed by atoms with Crippen molar-refractivity contribution in [1.29, 1.82) is 0 Å². The van der Waals surface area contributed by atoms with Gasteiger partial charge in [-0.05, 0) is 0 Å². The molecule has 2 amide bonds. The third-order valence-corrected chi connectivity index (χ3v) is 0.928. The highest BCUT2D eigenvalue weighted by molar-refractivity contribution is 5.71. The van der Waals surface area contributed by atoms with Gasteiger partial charge in [0.05, 0.1) is 12.7 Å². The van der Waals surface area contributed by atoms with Gasteiger partial charge in [-0.15, -0.1) is 0 Å². The van der Waals surface area contributed by atoms with Crippen LogP contribution in [0.3, 0.4) is 0 Å². The van der Waals surface area contributed by atoms with E-state index in [2.05, 4.69) is 15.0 Å². The SMILES string of the molecule is NC(=O)NCc1ccno1. The molecule has 0 atom stereocenters. The van der Waals surface area contributed by atoms with E-state index in [9.17, 15) is 4.79 Å². The molecule has 0 radical (unpaired) electrons. The molecule has 0 aromatic carbocycles.